The minimum Gasteiger partial charge on any atom is -0.423 e. The lowest BCUT2D eigenvalue weighted by molar-refractivity contribution is -0.134. The lowest BCUT2D eigenvalue weighted by Gasteiger charge is -2.14. The zero-order valence-electron chi connectivity index (χ0n) is 12.6. The van der Waals surface area contributed by atoms with E-state index in [-0.39, 0.29) is 11.5 Å². The highest BCUT2D eigenvalue weighted by molar-refractivity contribution is 7.99. The Bertz CT molecular complexity index is 695. The van der Waals surface area contributed by atoms with Crippen LogP contribution in [0, 0.1) is 6.92 Å². The molecule has 2 aromatic rings. The Balaban J connectivity index is 2.47. The van der Waals surface area contributed by atoms with Crippen LogP contribution >= 0.6 is 11.8 Å². The normalized spacial score (nSPS) is 10.1. The van der Waals surface area contributed by atoms with Gasteiger partial charge in [-0.15, -0.1) is 0 Å². The SMILES string of the molecule is CC(=O)Oc1cc(C)cc(Sc2ccccc2)c1OC(C)=O. The number of carbonyl (C=O) groups excluding carboxylic acids is 2. The summed E-state index contributed by atoms with van der Waals surface area (Å²) in [6, 6.07) is 13.3. The van der Waals surface area contributed by atoms with Crippen molar-refractivity contribution in [3.63, 3.8) is 0 Å². The molecule has 4 nitrogen and oxygen atoms in total. The van der Waals surface area contributed by atoms with Crippen LogP contribution in [0.5, 0.6) is 11.5 Å². The first kappa shape index (κ1) is 16.1. The number of benzene rings is 2. The Hall–Kier alpha value is -2.27. The molecule has 22 heavy (non-hydrogen) atoms. The molecule has 0 atom stereocenters. The molecule has 0 unspecified atom stereocenters. The molecule has 5 heteroatoms. The molecule has 0 aliphatic carbocycles. The van der Waals surface area contributed by atoms with E-state index in [0.29, 0.717) is 0 Å². The molecule has 0 spiro atoms. The summed E-state index contributed by atoms with van der Waals surface area (Å²) in [6.45, 7) is 4.51. The summed E-state index contributed by atoms with van der Waals surface area (Å²) in [5.74, 6) is -0.412. The predicted octanol–water partition coefficient (Wildman–Crippen LogP) is 4.00. The molecular weight excluding hydrogens is 300 g/mol. The topological polar surface area (TPSA) is 52.6 Å². The number of rotatable bonds is 4. The molecule has 2 aromatic carbocycles. The van der Waals surface area contributed by atoms with E-state index in [2.05, 4.69) is 0 Å². The quantitative estimate of drug-likeness (QED) is 0.630. The average Bonchev–Trinajstić information content (AvgIpc) is 2.42. The van der Waals surface area contributed by atoms with E-state index in [1.807, 2.05) is 43.3 Å². The molecule has 2 rings (SSSR count). The first-order valence-electron chi connectivity index (χ1n) is 6.70. The minimum absolute atomic E-state index is 0.251. The standard InChI is InChI=1S/C17H16O4S/c1-11-9-15(20-12(2)18)17(21-13(3)19)16(10-11)22-14-7-5-4-6-8-14/h4-10H,1-3H3. The Morgan fingerprint density at radius 1 is 0.955 bits per heavy atom. The highest BCUT2D eigenvalue weighted by Gasteiger charge is 2.17. The average molecular weight is 316 g/mol. The molecule has 0 fully saturated rings. The summed E-state index contributed by atoms with van der Waals surface area (Å²) in [7, 11) is 0. The number of hydrogen-bond donors (Lipinski definition) is 0. The van der Waals surface area contributed by atoms with E-state index in [4.69, 9.17) is 9.47 Å². The van der Waals surface area contributed by atoms with Gasteiger partial charge in [0.2, 0.25) is 0 Å². The molecular formula is C17H16O4S. The second-order valence-corrected chi connectivity index (χ2v) is 5.81. The van der Waals surface area contributed by atoms with Gasteiger partial charge in [-0.1, -0.05) is 30.0 Å². The maximum atomic E-state index is 11.4. The van der Waals surface area contributed by atoms with E-state index in [1.165, 1.54) is 25.6 Å². The summed E-state index contributed by atoms with van der Waals surface area (Å²) in [4.78, 5) is 24.3. The summed E-state index contributed by atoms with van der Waals surface area (Å²) in [5.41, 5.74) is 0.908. The number of aryl methyl sites for hydroxylation is 1. The fourth-order valence-electron chi connectivity index (χ4n) is 1.87. The minimum atomic E-state index is -0.466. The van der Waals surface area contributed by atoms with Crippen LogP contribution in [0.2, 0.25) is 0 Å². The maximum absolute atomic E-state index is 11.4. The molecule has 0 radical (unpaired) electrons. The second-order valence-electron chi connectivity index (χ2n) is 4.69. The Kier molecular flexibility index (Phi) is 5.22. The first-order chi connectivity index (χ1) is 10.5. The van der Waals surface area contributed by atoms with Crippen LogP contribution in [0.3, 0.4) is 0 Å². The van der Waals surface area contributed by atoms with Crippen molar-refractivity contribution in [2.24, 2.45) is 0 Å². The number of carbonyl (C=O) groups is 2. The molecule has 114 valence electrons. The molecule has 0 aromatic heterocycles. The number of ether oxygens (including phenoxy) is 2. The second kappa shape index (κ2) is 7.13. The van der Waals surface area contributed by atoms with Crippen LogP contribution in [0.25, 0.3) is 0 Å². The maximum Gasteiger partial charge on any atom is 0.308 e. The van der Waals surface area contributed by atoms with Gasteiger partial charge < -0.3 is 9.47 Å². The van der Waals surface area contributed by atoms with Gasteiger partial charge in [-0.25, -0.2) is 0 Å². The predicted molar refractivity (Wildman–Crippen MR) is 84.4 cm³/mol. The Morgan fingerprint density at radius 2 is 1.59 bits per heavy atom. The highest BCUT2D eigenvalue weighted by atomic mass is 32.2. The van der Waals surface area contributed by atoms with Crippen molar-refractivity contribution >= 4 is 23.7 Å². The zero-order valence-corrected chi connectivity index (χ0v) is 13.4. The summed E-state index contributed by atoms with van der Waals surface area (Å²) in [6.07, 6.45) is 0. The van der Waals surface area contributed by atoms with Crippen LogP contribution < -0.4 is 9.47 Å². The van der Waals surface area contributed by atoms with Crippen molar-refractivity contribution in [1.82, 2.24) is 0 Å². The lowest BCUT2D eigenvalue weighted by atomic mass is 10.2. The molecule has 0 aliphatic heterocycles. The van der Waals surface area contributed by atoms with Crippen LogP contribution in [-0.2, 0) is 9.59 Å². The van der Waals surface area contributed by atoms with Gasteiger partial charge in [-0.2, -0.15) is 0 Å². The first-order valence-corrected chi connectivity index (χ1v) is 7.51. The third-order valence-corrected chi connectivity index (χ3v) is 3.67. The molecule has 0 N–H and O–H groups in total. The van der Waals surface area contributed by atoms with Crippen molar-refractivity contribution in [3.05, 3.63) is 48.0 Å². The van der Waals surface area contributed by atoms with Gasteiger partial charge in [0.15, 0.2) is 11.5 Å². The number of hydrogen-bond acceptors (Lipinski definition) is 5. The molecule has 0 saturated carbocycles. The molecule has 0 bridgehead atoms. The van der Waals surface area contributed by atoms with Crippen molar-refractivity contribution < 1.29 is 19.1 Å². The smallest absolute Gasteiger partial charge is 0.308 e. The third-order valence-electron chi connectivity index (χ3n) is 2.64. The molecule has 0 amide bonds. The zero-order chi connectivity index (χ0) is 16.1. The van der Waals surface area contributed by atoms with E-state index < -0.39 is 11.9 Å². The van der Waals surface area contributed by atoms with Crippen molar-refractivity contribution in [1.29, 1.82) is 0 Å². The monoisotopic (exact) mass is 316 g/mol. The van der Waals surface area contributed by atoms with Gasteiger partial charge >= 0.3 is 11.9 Å². The highest BCUT2D eigenvalue weighted by Crippen LogP contribution is 2.42. The fraction of sp³-hybridized carbons (Fsp3) is 0.176. The summed E-state index contributed by atoms with van der Waals surface area (Å²) in [5, 5.41) is 0. The van der Waals surface area contributed by atoms with Crippen molar-refractivity contribution in [3.8, 4) is 11.5 Å². The van der Waals surface area contributed by atoms with Gasteiger partial charge in [-0.05, 0) is 36.8 Å². The third kappa shape index (κ3) is 4.36. The van der Waals surface area contributed by atoms with E-state index >= 15 is 0 Å². The number of esters is 2. The van der Waals surface area contributed by atoms with Crippen LogP contribution in [-0.4, -0.2) is 11.9 Å². The summed E-state index contributed by atoms with van der Waals surface area (Å²) < 4.78 is 10.4. The van der Waals surface area contributed by atoms with Crippen molar-refractivity contribution in [2.75, 3.05) is 0 Å². The molecule has 0 saturated heterocycles. The van der Waals surface area contributed by atoms with Gasteiger partial charge in [0.05, 0.1) is 4.90 Å². The fourth-order valence-corrected chi connectivity index (χ4v) is 2.90. The molecule has 0 heterocycles. The van der Waals surface area contributed by atoms with Gasteiger partial charge in [0.1, 0.15) is 0 Å². The van der Waals surface area contributed by atoms with Gasteiger partial charge in [0.25, 0.3) is 0 Å². The van der Waals surface area contributed by atoms with E-state index in [1.54, 1.807) is 6.07 Å². The van der Waals surface area contributed by atoms with E-state index in [0.717, 1.165) is 15.4 Å². The van der Waals surface area contributed by atoms with Crippen LogP contribution in [0.1, 0.15) is 19.4 Å². The summed E-state index contributed by atoms with van der Waals surface area (Å²) >= 11 is 1.44. The van der Waals surface area contributed by atoms with Crippen LogP contribution in [0.15, 0.2) is 52.3 Å². The Morgan fingerprint density at radius 3 is 2.18 bits per heavy atom. The van der Waals surface area contributed by atoms with E-state index in [9.17, 15) is 9.59 Å². The molecule has 0 aliphatic rings. The lowest BCUT2D eigenvalue weighted by Crippen LogP contribution is -2.08. The van der Waals surface area contributed by atoms with Gasteiger partial charge in [-0.3, -0.25) is 9.59 Å². The van der Waals surface area contributed by atoms with Gasteiger partial charge in [0, 0.05) is 18.7 Å². The largest absolute Gasteiger partial charge is 0.423 e. The van der Waals surface area contributed by atoms with Crippen molar-refractivity contribution in [2.45, 2.75) is 30.6 Å². The van der Waals surface area contributed by atoms with Crippen LogP contribution in [0.4, 0.5) is 0 Å². The Labute approximate surface area is 133 Å².